The second kappa shape index (κ2) is 9.32. The molecule has 0 spiro atoms. The van der Waals surface area contributed by atoms with Crippen molar-refractivity contribution in [3.8, 4) is 0 Å². The number of nitrogens with zero attached hydrogens (tertiary/aromatic N) is 2. The van der Waals surface area contributed by atoms with Crippen LogP contribution in [-0.2, 0) is 17.7 Å². The molecule has 0 unspecified atom stereocenters. The van der Waals surface area contributed by atoms with Crippen molar-refractivity contribution in [2.45, 2.75) is 40.2 Å². The van der Waals surface area contributed by atoms with Crippen LogP contribution in [0.1, 0.15) is 37.8 Å². The average molecular weight is 299 g/mol. The Bertz CT molecular complexity index is 356. The Morgan fingerprint density at radius 2 is 2.15 bits per heavy atom. The second-order valence-corrected chi connectivity index (χ2v) is 6.54. The van der Waals surface area contributed by atoms with E-state index in [9.17, 15) is 0 Å². The third kappa shape index (κ3) is 5.38. The molecule has 0 fully saturated rings. The molecule has 20 heavy (non-hydrogen) atoms. The number of methoxy groups -OCH3 is 1. The predicted molar refractivity (Wildman–Crippen MR) is 87.8 cm³/mol. The monoisotopic (exact) mass is 299 g/mol. The Morgan fingerprint density at radius 1 is 1.40 bits per heavy atom. The molecule has 0 atom stereocenters. The number of rotatable bonds is 10. The zero-order valence-corrected chi connectivity index (χ0v) is 14.3. The van der Waals surface area contributed by atoms with Crippen LogP contribution in [0.5, 0.6) is 0 Å². The molecule has 1 aromatic rings. The van der Waals surface area contributed by atoms with Gasteiger partial charge in [0.15, 0.2) is 5.13 Å². The van der Waals surface area contributed by atoms with Crippen molar-refractivity contribution in [2.24, 2.45) is 5.92 Å². The Balaban J connectivity index is 2.90. The first kappa shape index (κ1) is 17.4. The quantitative estimate of drug-likeness (QED) is 0.721. The largest absolute Gasteiger partial charge is 0.383 e. The number of anilines is 1. The van der Waals surface area contributed by atoms with Gasteiger partial charge >= 0.3 is 0 Å². The van der Waals surface area contributed by atoms with E-state index in [2.05, 4.69) is 31.0 Å². The van der Waals surface area contributed by atoms with Gasteiger partial charge in [-0.25, -0.2) is 4.98 Å². The summed E-state index contributed by atoms with van der Waals surface area (Å²) in [6.07, 6.45) is 2.20. The predicted octanol–water partition coefficient (Wildman–Crippen LogP) is 2.92. The van der Waals surface area contributed by atoms with Gasteiger partial charge in [0, 0.05) is 31.6 Å². The van der Waals surface area contributed by atoms with E-state index in [1.807, 2.05) is 18.4 Å². The van der Waals surface area contributed by atoms with E-state index < -0.39 is 0 Å². The van der Waals surface area contributed by atoms with Crippen LogP contribution < -0.4 is 10.2 Å². The molecule has 5 heteroatoms. The van der Waals surface area contributed by atoms with Crippen molar-refractivity contribution < 1.29 is 4.74 Å². The molecular formula is C15H29N3OS. The van der Waals surface area contributed by atoms with Gasteiger partial charge in [0.05, 0.1) is 12.3 Å². The van der Waals surface area contributed by atoms with Crippen LogP contribution in [0.4, 0.5) is 5.13 Å². The molecule has 0 aliphatic heterocycles. The smallest absolute Gasteiger partial charge is 0.185 e. The first-order chi connectivity index (χ1) is 9.62. The summed E-state index contributed by atoms with van der Waals surface area (Å²) < 4.78 is 5.23. The standard InChI is InChI=1S/C15H29N3OS/c1-6-7-13-14(10-16-4)20-15(17-13)18(8-9-19-5)11-12(2)3/h12,16H,6-11H2,1-5H3. The van der Waals surface area contributed by atoms with Crippen molar-refractivity contribution in [3.05, 3.63) is 10.6 Å². The van der Waals surface area contributed by atoms with Crippen molar-refractivity contribution in [1.82, 2.24) is 10.3 Å². The number of aromatic nitrogens is 1. The first-order valence-corrected chi connectivity index (χ1v) is 8.31. The molecule has 1 heterocycles. The van der Waals surface area contributed by atoms with Gasteiger partial charge in [0.25, 0.3) is 0 Å². The summed E-state index contributed by atoms with van der Waals surface area (Å²) in [4.78, 5) is 8.60. The van der Waals surface area contributed by atoms with Crippen molar-refractivity contribution in [2.75, 3.05) is 38.8 Å². The SMILES string of the molecule is CCCc1nc(N(CCOC)CC(C)C)sc1CNC. The fourth-order valence-corrected chi connectivity index (χ4v) is 3.30. The van der Waals surface area contributed by atoms with Gasteiger partial charge in [-0.15, -0.1) is 11.3 Å². The molecule has 116 valence electrons. The third-order valence-electron chi connectivity index (χ3n) is 3.01. The van der Waals surface area contributed by atoms with Gasteiger partial charge in [-0.2, -0.15) is 0 Å². The summed E-state index contributed by atoms with van der Waals surface area (Å²) in [7, 11) is 3.75. The molecule has 1 aromatic heterocycles. The maximum atomic E-state index is 5.23. The molecule has 0 aromatic carbocycles. The average Bonchev–Trinajstić information content (AvgIpc) is 2.78. The van der Waals surface area contributed by atoms with E-state index in [4.69, 9.17) is 9.72 Å². The highest BCUT2D eigenvalue weighted by Gasteiger charge is 2.16. The van der Waals surface area contributed by atoms with E-state index in [0.717, 1.165) is 44.2 Å². The number of nitrogens with one attached hydrogen (secondary N) is 1. The summed E-state index contributed by atoms with van der Waals surface area (Å²) in [5.74, 6) is 0.623. The van der Waals surface area contributed by atoms with E-state index in [0.29, 0.717) is 5.92 Å². The van der Waals surface area contributed by atoms with Crippen molar-refractivity contribution in [3.63, 3.8) is 0 Å². The minimum absolute atomic E-state index is 0.623. The number of thiazole rings is 1. The third-order valence-corrected chi connectivity index (χ3v) is 4.17. The molecule has 0 amide bonds. The van der Waals surface area contributed by atoms with Crippen LogP contribution in [0.3, 0.4) is 0 Å². The van der Waals surface area contributed by atoms with Crippen LogP contribution in [0.2, 0.25) is 0 Å². The highest BCUT2D eigenvalue weighted by molar-refractivity contribution is 7.15. The Kier molecular flexibility index (Phi) is 8.11. The highest BCUT2D eigenvalue weighted by atomic mass is 32.1. The first-order valence-electron chi connectivity index (χ1n) is 7.49. The maximum absolute atomic E-state index is 5.23. The van der Waals surface area contributed by atoms with Crippen LogP contribution in [0.15, 0.2) is 0 Å². The van der Waals surface area contributed by atoms with Crippen LogP contribution in [0.25, 0.3) is 0 Å². The summed E-state index contributed by atoms with van der Waals surface area (Å²) in [6.45, 7) is 10.3. The number of hydrogen-bond acceptors (Lipinski definition) is 5. The van der Waals surface area contributed by atoms with Crippen LogP contribution >= 0.6 is 11.3 Å². The van der Waals surface area contributed by atoms with E-state index >= 15 is 0 Å². The van der Waals surface area contributed by atoms with Gasteiger partial charge in [-0.1, -0.05) is 27.2 Å². The topological polar surface area (TPSA) is 37.4 Å². The minimum Gasteiger partial charge on any atom is -0.383 e. The molecule has 1 rings (SSSR count). The second-order valence-electron chi connectivity index (χ2n) is 5.48. The summed E-state index contributed by atoms with van der Waals surface area (Å²) in [5, 5.41) is 4.39. The number of aryl methyl sites for hydroxylation is 1. The summed E-state index contributed by atoms with van der Waals surface area (Å²) >= 11 is 1.82. The van der Waals surface area contributed by atoms with Crippen molar-refractivity contribution >= 4 is 16.5 Å². The lowest BCUT2D eigenvalue weighted by molar-refractivity contribution is 0.204. The zero-order valence-electron chi connectivity index (χ0n) is 13.5. The molecule has 0 aliphatic rings. The number of hydrogen-bond donors (Lipinski definition) is 1. The van der Waals surface area contributed by atoms with Gasteiger partial charge < -0.3 is 15.0 Å². The zero-order chi connectivity index (χ0) is 15.0. The van der Waals surface area contributed by atoms with E-state index in [1.165, 1.54) is 10.6 Å². The summed E-state index contributed by atoms with van der Waals surface area (Å²) in [6, 6.07) is 0. The molecular weight excluding hydrogens is 270 g/mol. The molecule has 0 saturated heterocycles. The Morgan fingerprint density at radius 3 is 2.70 bits per heavy atom. The molecule has 0 radical (unpaired) electrons. The minimum atomic E-state index is 0.623. The van der Waals surface area contributed by atoms with Crippen LogP contribution in [0, 0.1) is 5.92 Å². The molecule has 0 saturated carbocycles. The normalized spacial score (nSPS) is 11.3. The van der Waals surface area contributed by atoms with E-state index in [-0.39, 0.29) is 0 Å². The van der Waals surface area contributed by atoms with Gasteiger partial charge in [0.2, 0.25) is 0 Å². The van der Waals surface area contributed by atoms with Gasteiger partial charge in [-0.05, 0) is 19.4 Å². The van der Waals surface area contributed by atoms with Crippen LogP contribution in [-0.4, -0.2) is 38.8 Å². The highest BCUT2D eigenvalue weighted by Crippen LogP contribution is 2.28. The fraction of sp³-hybridized carbons (Fsp3) is 0.800. The van der Waals surface area contributed by atoms with Gasteiger partial charge in [-0.3, -0.25) is 0 Å². The maximum Gasteiger partial charge on any atom is 0.185 e. The lowest BCUT2D eigenvalue weighted by Gasteiger charge is -2.23. The van der Waals surface area contributed by atoms with E-state index in [1.54, 1.807) is 7.11 Å². The fourth-order valence-electron chi connectivity index (χ4n) is 2.14. The summed E-state index contributed by atoms with van der Waals surface area (Å²) in [5.41, 5.74) is 1.26. The van der Waals surface area contributed by atoms with Gasteiger partial charge in [0.1, 0.15) is 0 Å². The Labute approximate surface area is 127 Å². The molecule has 1 N–H and O–H groups in total. The molecule has 0 aliphatic carbocycles. The molecule has 4 nitrogen and oxygen atoms in total. The Hall–Kier alpha value is -0.650. The lowest BCUT2D eigenvalue weighted by Crippen LogP contribution is -2.30. The number of ether oxygens (including phenoxy) is 1. The van der Waals surface area contributed by atoms with Crippen molar-refractivity contribution in [1.29, 1.82) is 0 Å². The lowest BCUT2D eigenvalue weighted by atomic mass is 10.2. The molecule has 0 bridgehead atoms.